The summed E-state index contributed by atoms with van der Waals surface area (Å²) in [5, 5.41) is 0. The molecule has 0 spiro atoms. The van der Waals surface area contributed by atoms with Crippen LogP contribution < -0.4 is 0 Å². The van der Waals surface area contributed by atoms with Gasteiger partial charge in [0.2, 0.25) is 5.96 Å². The highest BCUT2D eigenvalue weighted by molar-refractivity contribution is 14.1. The molecule has 1 heterocycles. The number of guanidine groups is 1. The molecule has 0 unspecified atom stereocenters. The van der Waals surface area contributed by atoms with E-state index in [0.717, 1.165) is 11.0 Å². The van der Waals surface area contributed by atoms with Crippen molar-refractivity contribution in [2.24, 2.45) is 4.99 Å². The first-order valence-electron chi connectivity index (χ1n) is 11.1. The summed E-state index contributed by atoms with van der Waals surface area (Å²) >= 11 is 1.53. The van der Waals surface area contributed by atoms with E-state index >= 15 is 0 Å². The molecule has 1 aliphatic rings. The molecule has 0 saturated carbocycles. The number of ether oxygens (including phenoxy) is 2. The van der Waals surface area contributed by atoms with E-state index < -0.39 is 41.6 Å². The molecular formula is C23H32F2IN5O5. The highest BCUT2D eigenvalue weighted by atomic mass is 127. The van der Waals surface area contributed by atoms with Crippen molar-refractivity contribution in [3.63, 3.8) is 0 Å². The van der Waals surface area contributed by atoms with Crippen molar-refractivity contribution in [1.82, 2.24) is 19.6 Å². The van der Waals surface area contributed by atoms with Gasteiger partial charge in [-0.15, -0.1) is 4.99 Å². The van der Waals surface area contributed by atoms with Crippen LogP contribution in [-0.2, 0) is 16.0 Å². The van der Waals surface area contributed by atoms with Gasteiger partial charge in [-0.1, -0.05) is 6.07 Å². The molecule has 0 N–H and O–H groups in total. The summed E-state index contributed by atoms with van der Waals surface area (Å²) in [6, 6.07) is 2.00. The molecule has 0 aliphatic carbocycles. The number of hydrogen-bond acceptors (Lipinski definition) is 5. The first-order chi connectivity index (χ1) is 16.4. The van der Waals surface area contributed by atoms with E-state index in [1.807, 2.05) is 0 Å². The lowest BCUT2D eigenvalue weighted by molar-refractivity contribution is 0.0299. The summed E-state index contributed by atoms with van der Waals surface area (Å²) in [7, 11) is 3.08. The number of urea groups is 1. The minimum atomic E-state index is -0.998. The van der Waals surface area contributed by atoms with Crippen LogP contribution in [0.4, 0.5) is 23.2 Å². The Morgan fingerprint density at radius 3 is 2.06 bits per heavy atom. The van der Waals surface area contributed by atoms with Crippen molar-refractivity contribution in [3.8, 4) is 0 Å². The quantitative estimate of drug-likeness (QED) is 0.203. The van der Waals surface area contributed by atoms with Gasteiger partial charge in [0.1, 0.15) is 22.8 Å². The number of aliphatic imine (C=N–C) groups is 1. The van der Waals surface area contributed by atoms with Gasteiger partial charge in [0.05, 0.1) is 23.5 Å². The van der Waals surface area contributed by atoms with Gasteiger partial charge in [-0.3, -0.25) is 0 Å². The number of hydrogen-bond donors (Lipinski definition) is 0. The number of carbonyl (C=O) groups is 3. The van der Waals surface area contributed by atoms with E-state index in [1.165, 1.54) is 57.5 Å². The van der Waals surface area contributed by atoms with E-state index in [4.69, 9.17) is 9.47 Å². The predicted molar refractivity (Wildman–Crippen MR) is 137 cm³/mol. The first-order valence-corrected chi connectivity index (χ1v) is 12.1. The minimum Gasteiger partial charge on any atom is -0.443 e. The van der Waals surface area contributed by atoms with Crippen LogP contribution in [0.15, 0.2) is 17.1 Å². The molecule has 1 aliphatic heterocycles. The van der Waals surface area contributed by atoms with Gasteiger partial charge in [-0.2, -0.15) is 0 Å². The summed E-state index contributed by atoms with van der Waals surface area (Å²) < 4.78 is 39.5. The lowest BCUT2D eigenvalue weighted by Crippen LogP contribution is -2.60. The number of carbonyl (C=O) groups excluding carboxylic acids is 3. The molecule has 2 rings (SSSR count). The summed E-state index contributed by atoms with van der Waals surface area (Å²) in [6.07, 6.45) is -1.92. The second-order valence-electron chi connectivity index (χ2n) is 10.3. The standard InChI is InChI=1S/C23H32F2IN5O5/c1-22(2,3)35-19(32)27-18(30-12-28(7)20(33)29(8)13-30)31(21(34)36-23(4,5)6)11-14-9-10-15(24)17(26)16(14)25/h9-10H,11-13H2,1-8H3/b27-18-. The van der Waals surface area contributed by atoms with Gasteiger partial charge < -0.3 is 24.2 Å². The zero-order valence-corrected chi connectivity index (χ0v) is 23.8. The van der Waals surface area contributed by atoms with Crippen LogP contribution in [0.3, 0.4) is 0 Å². The van der Waals surface area contributed by atoms with Gasteiger partial charge in [-0.25, -0.2) is 28.1 Å². The Balaban J connectivity index is 2.64. The van der Waals surface area contributed by atoms with Gasteiger partial charge in [0, 0.05) is 19.7 Å². The smallest absolute Gasteiger partial charge is 0.437 e. The van der Waals surface area contributed by atoms with Crippen LogP contribution in [0.25, 0.3) is 0 Å². The van der Waals surface area contributed by atoms with Crippen molar-refractivity contribution in [2.75, 3.05) is 27.4 Å². The number of rotatable bonds is 2. The molecular weight excluding hydrogens is 591 g/mol. The molecule has 10 nitrogen and oxygen atoms in total. The van der Waals surface area contributed by atoms with Crippen molar-refractivity contribution in [2.45, 2.75) is 59.3 Å². The van der Waals surface area contributed by atoms with Crippen LogP contribution in [0.5, 0.6) is 0 Å². The topological polar surface area (TPSA) is 95.0 Å². The molecule has 13 heteroatoms. The molecule has 0 bridgehead atoms. The fourth-order valence-electron chi connectivity index (χ4n) is 3.16. The van der Waals surface area contributed by atoms with Crippen molar-refractivity contribution < 1.29 is 32.6 Å². The lowest BCUT2D eigenvalue weighted by Gasteiger charge is -2.42. The minimum absolute atomic E-state index is 0.0293. The van der Waals surface area contributed by atoms with Crippen LogP contribution in [-0.4, -0.2) is 82.4 Å². The van der Waals surface area contributed by atoms with Gasteiger partial charge in [-0.05, 0) is 70.2 Å². The monoisotopic (exact) mass is 623 g/mol. The maximum atomic E-state index is 15.0. The van der Waals surface area contributed by atoms with Crippen molar-refractivity contribution >= 4 is 46.8 Å². The molecule has 4 amide bonds. The third kappa shape index (κ3) is 7.90. The van der Waals surface area contributed by atoms with E-state index in [0.29, 0.717) is 0 Å². The number of amides is 4. The van der Waals surface area contributed by atoms with Crippen LogP contribution >= 0.6 is 22.6 Å². The molecule has 36 heavy (non-hydrogen) atoms. The van der Waals surface area contributed by atoms with Crippen molar-refractivity contribution in [1.29, 1.82) is 0 Å². The average Bonchev–Trinajstić information content (AvgIpc) is 2.71. The summed E-state index contributed by atoms with van der Waals surface area (Å²) in [5.41, 5.74) is -1.85. The predicted octanol–water partition coefficient (Wildman–Crippen LogP) is 4.81. The zero-order valence-electron chi connectivity index (χ0n) is 21.7. The summed E-state index contributed by atoms with van der Waals surface area (Å²) in [6.45, 7) is 9.41. The average molecular weight is 623 g/mol. The van der Waals surface area contributed by atoms with Crippen LogP contribution in [0.2, 0.25) is 0 Å². The highest BCUT2D eigenvalue weighted by Gasteiger charge is 2.36. The maximum absolute atomic E-state index is 15.0. The largest absolute Gasteiger partial charge is 0.443 e. The third-order valence-electron chi connectivity index (χ3n) is 4.59. The van der Waals surface area contributed by atoms with Crippen molar-refractivity contribution in [3.05, 3.63) is 32.9 Å². The normalized spacial score (nSPS) is 15.2. The molecule has 1 saturated heterocycles. The first kappa shape index (κ1) is 29.5. The molecule has 0 radical (unpaired) electrons. The fourth-order valence-corrected chi connectivity index (χ4v) is 3.68. The second kappa shape index (κ2) is 11.1. The van der Waals surface area contributed by atoms with Gasteiger partial charge in [0.25, 0.3) is 0 Å². The number of nitrogens with zero attached hydrogens (tertiary/aromatic N) is 5. The van der Waals surface area contributed by atoms with E-state index in [-0.39, 0.29) is 34.5 Å². The van der Waals surface area contributed by atoms with Gasteiger partial charge in [0.15, 0.2) is 0 Å². The van der Waals surface area contributed by atoms with E-state index in [9.17, 15) is 23.2 Å². The Bertz CT molecular complexity index is 1040. The molecule has 1 fully saturated rings. The summed E-state index contributed by atoms with van der Waals surface area (Å²) in [4.78, 5) is 47.6. The number of halogens is 3. The molecule has 0 aromatic heterocycles. The Morgan fingerprint density at radius 1 is 1.03 bits per heavy atom. The Labute approximate surface area is 223 Å². The molecule has 1 aromatic rings. The van der Waals surface area contributed by atoms with E-state index in [2.05, 4.69) is 4.99 Å². The zero-order chi connectivity index (χ0) is 27.6. The Morgan fingerprint density at radius 2 is 1.56 bits per heavy atom. The fraction of sp³-hybridized carbons (Fsp3) is 0.565. The number of benzene rings is 1. The Kier molecular flexibility index (Phi) is 9.13. The van der Waals surface area contributed by atoms with Crippen LogP contribution in [0, 0.1) is 15.2 Å². The lowest BCUT2D eigenvalue weighted by atomic mass is 10.2. The molecule has 1 aromatic carbocycles. The summed E-state index contributed by atoms with van der Waals surface area (Å²) in [5.74, 6) is -1.83. The van der Waals surface area contributed by atoms with Gasteiger partial charge >= 0.3 is 18.2 Å². The highest BCUT2D eigenvalue weighted by Crippen LogP contribution is 2.23. The maximum Gasteiger partial charge on any atom is 0.437 e. The molecule has 0 atom stereocenters. The molecule has 200 valence electrons. The van der Waals surface area contributed by atoms with E-state index in [1.54, 1.807) is 41.5 Å². The SMILES string of the molecule is CN1CN(/C(=N/C(=O)OC(C)(C)C)N(Cc2ccc(F)c(I)c2F)C(=O)OC(C)(C)C)CN(C)C1=O. The van der Waals surface area contributed by atoms with Crippen LogP contribution in [0.1, 0.15) is 47.1 Å². The third-order valence-corrected chi connectivity index (χ3v) is 5.57. The Hall–Kier alpha value is -2.71. The second-order valence-corrected chi connectivity index (χ2v) is 11.4.